The number of ether oxygens (including phenoxy) is 2. The Morgan fingerprint density at radius 3 is 2.48 bits per heavy atom. The molecule has 2 aromatic heterocycles. The predicted octanol–water partition coefficient (Wildman–Crippen LogP) is 3.52. The van der Waals surface area contributed by atoms with Gasteiger partial charge in [0.05, 0.1) is 12.2 Å². The summed E-state index contributed by atoms with van der Waals surface area (Å²) in [5.41, 5.74) is 1.96. The molecule has 164 valence electrons. The van der Waals surface area contributed by atoms with Crippen LogP contribution in [-0.4, -0.2) is 36.4 Å². The number of rotatable bonds is 10. The third kappa shape index (κ3) is 7.33. The molecule has 0 aliphatic heterocycles. The molecular weight excluding hydrogens is 394 g/mol. The van der Waals surface area contributed by atoms with Crippen LogP contribution >= 0.6 is 0 Å². The van der Waals surface area contributed by atoms with E-state index in [1.54, 1.807) is 13.2 Å². The van der Waals surface area contributed by atoms with Crippen molar-refractivity contribution < 1.29 is 14.0 Å². The van der Waals surface area contributed by atoms with Gasteiger partial charge in [0.2, 0.25) is 5.88 Å². The summed E-state index contributed by atoms with van der Waals surface area (Å²) in [6.45, 7) is 6.14. The molecule has 0 atom stereocenters. The number of pyridine rings is 1. The van der Waals surface area contributed by atoms with Gasteiger partial charge in [-0.2, -0.15) is 0 Å². The first-order chi connectivity index (χ1) is 15.1. The molecule has 31 heavy (non-hydrogen) atoms. The normalized spacial score (nSPS) is 11.4. The van der Waals surface area contributed by atoms with E-state index in [9.17, 15) is 0 Å². The molecule has 8 heteroatoms. The van der Waals surface area contributed by atoms with Crippen molar-refractivity contribution in [3.8, 4) is 11.6 Å². The van der Waals surface area contributed by atoms with Gasteiger partial charge in [-0.25, -0.2) is 4.98 Å². The van der Waals surface area contributed by atoms with Crippen LogP contribution in [0.2, 0.25) is 0 Å². The molecule has 8 nitrogen and oxygen atoms in total. The van der Waals surface area contributed by atoms with Gasteiger partial charge in [-0.15, -0.1) is 0 Å². The average Bonchev–Trinajstić information content (AvgIpc) is 3.28. The highest BCUT2D eigenvalue weighted by Gasteiger charge is 2.08. The van der Waals surface area contributed by atoms with E-state index in [0.29, 0.717) is 44.1 Å². The largest absolute Gasteiger partial charge is 0.490 e. The predicted molar refractivity (Wildman–Crippen MR) is 119 cm³/mol. The highest BCUT2D eigenvalue weighted by molar-refractivity contribution is 5.79. The van der Waals surface area contributed by atoms with Crippen molar-refractivity contribution >= 4 is 5.96 Å². The fourth-order valence-electron chi connectivity index (χ4n) is 2.68. The van der Waals surface area contributed by atoms with Gasteiger partial charge in [0.25, 0.3) is 0 Å². The molecule has 0 saturated carbocycles. The number of hydrogen-bond donors (Lipinski definition) is 2. The minimum atomic E-state index is 0.339. The minimum Gasteiger partial charge on any atom is -0.490 e. The Morgan fingerprint density at radius 1 is 1.03 bits per heavy atom. The molecule has 0 bridgehead atoms. The van der Waals surface area contributed by atoms with E-state index in [0.717, 1.165) is 22.8 Å². The zero-order valence-corrected chi connectivity index (χ0v) is 18.2. The first-order valence-corrected chi connectivity index (χ1v) is 10.3. The molecule has 3 rings (SSSR count). The Kier molecular flexibility index (Phi) is 8.28. The van der Waals surface area contributed by atoms with Crippen molar-refractivity contribution in [1.29, 1.82) is 0 Å². The van der Waals surface area contributed by atoms with Gasteiger partial charge in [0, 0.05) is 31.9 Å². The van der Waals surface area contributed by atoms with Crippen molar-refractivity contribution in [3.05, 3.63) is 71.7 Å². The summed E-state index contributed by atoms with van der Waals surface area (Å²) < 4.78 is 16.6. The van der Waals surface area contributed by atoms with E-state index < -0.39 is 0 Å². The summed E-state index contributed by atoms with van der Waals surface area (Å²) in [7, 11) is 1.72. The number of nitrogens with one attached hydrogen (secondary N) is 2. The summed E-state index contributed by atoms with van der Waals surface area (Å²) in [4.78, 5) is 8.56. The molecular formula is C23H29N5O3. The molecule has 3 aromatic rings. The van der Waals surface area contributed by atoms with Crippen LogP contribution in [-0.2, 0) is 13.1 Å². The molecule has 0 spiro atoms. The molecule has 0 amide bonds. The second kappa shape index (κ2) is 11.6. The second-order valence-electron chi connectivity index (χ2n) is 7.17. The van der Waals surface area contributed by atoms with E-state index in [1.807, 2.05) is 48.5 Å². The first kappa shape index (κ1) is 22.1. The zero-order chi connectivity index (χ0) is 21.9. The lowest BCUT2D eigenvalue weighted by atomic mass is 10.1. The Bertz CT molecular complexity index is 939. The SMILES string of the molecule is CN=C(NCc1ccc(OCCOc2ccccc2)nc1)NCc1cc(C(C)C)no1. The smallest absolute Gasteiger partial charge is 0.213 e. The third-order valence-electron chi connectivity index (χ3n) is 4.43. The lowest BCUT2D eigenvalue weighted by Crippen LogP contribution is -2.36. The fraction of sp³-hybridized carbons (Fsp3) is 0.348. The Balaban J connectivity index is 1.37. The van der Waals surface area contributed by atoms with Crippen LogP contribution < -0.4 is 20.1 Å². The maximum atomic E-state index is 5.63. The number of hydrogen-bond acceptors (Lipinski definition) is 6. The average molecular weight is 424 g/mol. The van der Waals surface area contributed by atoms with E-state index in [-0.39, 0.29) is 0 Å². The quantitative estimate of drug-likeness (QED) is 0.293. The molecule has 0 radical (unpaired) electrons. The Labute approximate surface area is 182 Å². The summed E-state index contributed by atoms with van der Waals surface area (Å²) >= 11 is 0. The standard InChI is InChI=1S/C23H29N5O3/c1-17(2)21-13-20(31-28-21)16-27-23(24-3)26-15-18-9-10-22(25-14-18)30-12-11-29-19-7-5-4-6-8-19/h4-10,13-14,17H,11-12,15-16H2,1-3H3,(H2,24,26,27). The Hall–Kier alpha value is -3.55. The van der Waals surface area contributed by atoms with Gasteiger partial charge in [-0.3, -0.25) is 4.99 Å². The number of aliphatic imine (C=N–C) groups is 1. The van der Waals surface area contributed by atoms with E-state index in [4.69, 9.17) is 14.0 Å². The highest BCUT2D eigenvalue weighted by Crippen LogP contribution is 2.14. The van der Waals surface area contributed by atoms with Crippen LogP contribution in [0.5, 0.6) is 11.6 Å². The molecule has 0 saturated heterocycles. The van der Waals surface area contributed by atoms with Crippen molar-refractivity contribution in [2.45, 2.75) is 32.9 Å². The molecule has 2 N–H and O–H groups in total. The monoisotopic (exact) mass is 423 g/mol. The maximum Gasteiger partial charge on any atom is 0.213 e. The summed E-state index contributed by atoms with van der Waals surface area (Å²) in [6, 6.07) is 15.4. The summed E-state index contributed by atoms with van der Waals surface area (Å²) in [5, 5.41) is 10.5. The molecule has 1 aromatic carbocycles. The molecule has 0 fully saturated rings. The number of guanidine groups is 1. The number of aromatic nitrogens is 2. The van der Waals surface area contributed by atoms with Crippen LogP contribution in [0.15, 0.2) is 64.2 Å². The van der Waals surface area contributed by atoms with Crippen LogP contribution in [0.1, 0.15) is 36.8 Å². The van der Waals surface area contributed by atoms with E-state index in [1.165, 1.54) is 0 Å². The van der Waals surface area contributed by atoms with Gasteiger partial charge < -0.3 is 24.6 Å². The highest BCUT2D eigenvalue weighted by atomic mass is 16.5. The van der Waals surface area contributed by atoms with Gasteiger partial charge in [0.15, 0.2) is 11.7 Å². The minimum absolute atomic E-state index is 0.339. The molecule has 0 aliphatic carbocycles. The summed E-state index contributed by atoms with van der Waals surface area (Å²) in [5.74, 6) is 3.16. The van der Waals surface area contributed by atoms with Crippen molar-refractivity contribution in [3.63, 3.8) is 0 Å². The number of nitrogens with zero attached hydrogens (tertiary/aromatic N) is 3. The summed E-state index contributed by atoms with van der Waals surface area (Å²) in [6.07, 6.45) is 1.78. The number of benzene rings is 1. The van der Waals surface area contributed by atoms with Gasteiger partial charge >= 0.3 is 0 Å². The van der Waals surface area contributed by atoms with Crippen LogP contribution in [0.3, 0.4) is 0 Å². The van der Waals surface area contributed by atoms with Gasteiger partial charge in [0.1, 0.15) is 19.0 Å². The van der Waals surface area contributed by atoms with Gasteiger partial charge in [-0.1, -0.05) is 43.3 Å². The van der Waals surface area contributed by atoms with Crippen molar-refractivity contribution in [2.75, 3.05) is 20.3 Å². The van der Waals surface area contributed by atoms with E-state index >= 15 is 0 Å². The Morgan fingerprint density at radius 2 is 1.81 bits per heavy atom. The molecule has 0 aliphatic rings. The first-order valence-electron chi connectivity index (χ1n) is 10.3. The fourth-order valence-corrected chi connectivity index (χ4v) is 2.68. The van der Waals surface area contributed by atoms with Crippen LogP contribution in [0, 0.1) is 0 Å². The van der Waals surface area contributed by atoms with Crippen LogP contribution in [0.4, 0.5) is 0 Å². The zero-order valence-electron chi connectivity index (χ0n) is 18.2. The third-order valence-corrected chi connectivity index (χ3v) is 4.43. The van der Waals surface area contributed by atoms with Crippen molar-refractivity contribution in [2.24, 2.45) is 4.99 Å². The lowest BCUT2D eigenvalue weighted by molar-refractivity contribution is 0.212. The van der Waals surface area contributed by atoms with E-state index in [2.05, 4.69) is 39.6 Å². The molecule has 0 unspecified atom stereocenters. The lowest BCUT2D eigenvalue weighted by Gasteiger charge is -2.11. The second-order valence-corrected chi connectivity index (χ2v) is 7.17. The van der Waals surface area contributed by atoms with Gasteiger partial charge in [-0.05, 0) is 23.6 Å². The number of para-hydroxylation sites is 1. The molecule has 2 heterocycles. The topological polar surface area (TPSA) is 93.8 Å². The van der Waals surface area contributed by atoms with Crippen LogP contribution in [0.25, 0.3) is 0 Å². The van der Waals surface area contributed by atoms with Crippen molar-refractivity contribution in [1.82, 2.24) is 20.8 Å². The maximum absolute atomic E-state index is 5.63.